The van der Waals surface area contributed by atoms with Crippen LogP contribution in [0.15, 0.2) is 41.3 Å². The number of thioether (sulfide) groups is 1. The van der Waals surface area contributed by atoms with Crippen LogP contribution in [0.2, 0.25) is 5.02 Å². The highest BCUT2D eigenvalue weighted by Crippen LogP contribution is 2.45. The maximum atomic E-state index is 12.9. The second-order valence-electron chi connectivity index (χ2n) is 9.59. The van der Waals surface area contributed by atoms with Crippen LogP contribution in [0.1, 0.15) is 49.8 Å². The number of imide groups is 1. The van der Waals surface area contributed by atoms with Gasteiger partial charge in [0.15, 0.2) is 0 Å². The third-order valence-electron chi connectivity index (χ3n) is 6.52. The molecule has 2 heterocycles. The van der Waals surface area contributed by atoms with Crippen LogP contribution in [0.5, 0.6) is 0 Å². The van der Waals surface area contributed by atoms with Crippen molar-refractivity contribution in [3.63, 3.8) is 0 Å². The number of aryl methyl sites for hydroxylation is 1. The summed E-state index contributed by atoms with van der Waals surface area (Å²) in [5, 5.41) is 2.78. The molecule has 1 unspecified atom stereocenters. The van der Waals surface area contributed by atoms with E-state index >= 15 is 0 Å². The van der Waals surface area contributed by atoms with Crippen molar-refractivity contribution in [2.75, 3.05) is 23.8 Å². The first-order chi connectivity index (χ1) is 16.0. The van der Waals surface area contributed by atoms with Crippen molar-refractivity contribution in [2.24, 2.45) is 0 Å². The van der Waals surface area contributed by atoms with Gasteiger partial charge in [0.25, 0.3) is 11.1 Å². The van der Waals surface area contributed by atoms with Crippen LogP contribution >= 0.6 is 23.4 Å². The number of halogens is 1. The van der Waals surface area contributed by atoms with E-state index in [2.05, 4.69) is 38.0 Å². The Labute approximate surface area is 209 Å². The molecule has 34 heavy (non-hydrogen) atoms. The number of nitrogens with zero attached hydrogens (tertiary/aromatic N) is 2. The Bertz CT molecular complexity index is 1220. The largest absolute Gasteiger partial charge is 0.369 e. The lowest BCUT2D eigenvalue weighted by Gasteiger charge is -2.45. The van der Waals surface area contributed by atoms with Gasteiger partial charge >= 0.3 is 0 Å². The Morgan fingerprint density at radius 3 is 2.71 bits per heavy atom. The molecule has 4 rings (SSSR count). The van der Waals surface area contributed by atoms with Gasteiger partial charge in [-0.05, 0) is 91.9 Å². The maximum absolute atomic E-state index is 12.9. The molecular weight excluding hydrogens is 470 g/mol. The molecule has 1 atom stereocenters. The van der Waals surface area contributed by atoms with E-state index in [0.717, 1.165) is 39.9 Å². The van der Waals surface area contributed by atoms with Gasteiger partial charge in [-0.1, -0.05) is 30.7 Å². The molecule has 2 aliphatic rings. The van der Waals surface area contributed by atoms with Crippen molar-refractivity contribution < 1.29 is 14.4 Å². The van der Waals surface area contributed by atoms with Gasteiger partial charge in [0.05, 0.1) is 4.91 Å². The Hall–Kier alpha value is -2.77. The molecule has 0 aliphatic carbocycles. The normalized spacial score (nSPS) is 20.6. The number of carbonyl (C=O) groups excluding carboxylic acids is 3. The first-order valence-electron chi connectivity index (χ1n) is 11.2. The zero-order chi connectivity index (χ0) is 24.8. The van der Waals surface area contributed by atoms with Crippen molar-refractivity contribution in [3.05, 3.63) is 63.0 Å². The van der Waals surface area contributed by atoms with Gasteiger partial charge < -0.3 is 10.2 Å². The topological polar surface area (TPSA) is 69.7 Å². The predicted octanol–water partition coefficient (Wildman–Crippen LogP) is 6.05. The minimum absolute atomic E-state index is 0.0128. The fourth-order valence-electron chi connectivity index (χ4n) is 4.56. The van der Waals surface area contributed by atoms with Gasteiger partial charge in [-0.15, -0.1) is 0 Å². The highest BCUT2D eigenvalue weighted by atomic mass is 35.5. The molecule has 0 bridgehead atoms. The third kappa shape index (κ3) is 4.72. The molecule has 3 amide bonds. The molecule has 0 radical (unpaired) electrons. The summed E-state index contributed by atoms with van der Waals surface area (Å²) in [7, 11) is 2.06. The Kier molecular flexibility index (Phi) is 6.53. The van der Waals surface area contributed by atoms with E-state index in [1.165, 1.54) is 0 Å². The van der Waals surface area contributed by atoms with Crippen molar-refractivity contribution in [3.8, 4) is 0 Å². The van der Waals surface area contributed by atoms with Gasteiger partial charge in [-0.25, -0.2) is 0 Å². The van der Waals surface area contributed by atoms with Crippen molar-refractivity contribution in [1.82, 2.24) is 4.90 Å². The Balaban J connectivity index is 1.54. The minimum atomic E-state index is -0.491. The monoisotopic (exact) mass is 497 g/mol. The van der Waals surface area contributed by atoms with Crippen LogP contribution in [0.3, 0.4) is 0 Å². The maximum Gasteiger partial charge on any atom is 0.294 e. The second kappa shape index (κ2) is 9.12. The smallest absolute Gasteiger partial charge is 0.294 e. The number of hydrogen-bond donors (Lipinski definition) is 1. The molecule has 0 saturated carbocycles. The first-order valence-corrected chi connectivity index (χ1v) is 12.3. The van der Waals surface area contributed by atoms with E-state index in [1.807, 2.05) is 37.3 Å². The van der Waals surface area contributed by atoms with E-state index in [-0.39, 0.29) is 17.0 Å². The average molecular weight is 498 g/mol. The molecule has 2 aliphatic heterocycles. The van der Waals surface area contributed by atoms with Crippen molar-refractivity contribution in [1.29, 1.82) is 0 Å². The molecule has 2 aromatic rings. The molecular formula is C26H28ClN3O3S. The number of nitrogens with one attached hydrogen (secondary N) is 1. The van der Waals surface area contributed by atoms with Gasteiger partial charge in [0.1, 0.15) is 6.54 Å². The molecule has 1 N–H and O–H groups in total. The molecule has 1 fully saturated rings. The second-order valence-corrected chi connectivity index (χ2v) is 11.0. The van der Waals surface area contributed by atoms with Crippen LogP contribution in [-0.4, -0.2) is 41.1 Å². The van der Waals surface area contributed by atoms with Crippen LogP contribution in [0, 0.1) is 6.92 Å². The predicted molar refractivity (Wildman–Crippen MR) is 139 cm³/mol. The van der Waals surface area contributed by atoms with Gasteiger partial charge in [-0.2, -0.15) is 0 Å². The fraction of sp³-hybridized carbons (Fsp3) is 0.346. The minimum Gasteiger partial charge on any atom is -0.369 e. The number of carbonyl (C=O) groups is 3. The van der Waals surface area contributed by atoms with Crippen LogP contribution in [-0.2, 0) is 9.59 Å². The molecule has 178 valence electrons. The lowest BCUT2D eigenvalue weighted by molar-refractivity contribution is -0.127. The fourth-order valence-corrected chi connectivity index (χ4v) is 5.60. The van der Waals surface area contributed by atoms with Gasteiger partial charge in [-0.3, -0.25) is 19.3 Å². The molecule has 6 nitrogen and oxygen atoms in total. The summed E-state index contributed by atoms with van der Waals surface area (Å²) in [6, 6.07) is 11.3. The zero-order valence-corrected chi connectivity index (χ0v) is 21.5. The highest BCUT2D eigenvalue weighted by Gasteiger charge is 2.37. The molecule has 0 spiro atoms. The average Bonchev–Trinajstić information content (AvgIpc) is 3.00. The quantitative estimate of drug-likeness (QED) is 0.521. The van der Waals surface area contributed by atoms with Crippen LogP contribution in [0.4, 0.5) is 16.2 Å². The van der Waals surface area contributed by atoms with E-state index < -0.39 is 17.1 Å². The van der Waals surface area contributed by atoms with Crippen molar-refractivity contribution in [2.45, 2.75) is 45.6 Å². The van der Waals surface area contributed by atoms with Gasteiger partial charge in [0, 0.05) is 29.0 Å². The summed E-state index contributed by atoms with van der Waals surface area (Å²) >= 11 is 7.42. The summed E-state index contributed by atoms with van der Waals surface area (Å²) in [6.45, 7) is 8.18. The van der Waals surface area contributed by atoms with Crippen molar-refractivity contribution >= 4 is 57.9 Å². The van der Waals surface area contributed by atoms with E-state index in [9.17, 15) is 14.4 Å². The zero-order valence-electron chi connectivity index (χ0n) is 19.9. The summed E-state index contributed by atoms with van der Waals surface area (Å²) < 4.78 is 0. The first kappa shape index (κ1) is 24.4. The van der Waals surface area contributed by atoms with Crippen LogP contribution in [0.25, 0.3) is 6.08 Å². The van der Waals surface area contributed by atoms with Crippen LogP contribution < -0.4 is 10.2 Å². The third-order valence-corrected chi connectivity index (χ3v) is 7.75. The molecule has 8 heteroatoms. The highest BCUT2D eigenvalue weighted by molar-refractivity contribution is 8.18. The summed E-state index contributed by atoms with van der Waals surface area (Å²) in [4.78, 5) is 41.4. The standard InChI is InChI=1S/C26H28ClN3O3S/c1-15-7-6-8-18(9-15)28-23(31)14-30-24(32)22(34-25(30)33)11-17-10-19-16(2)13-26(3,4)29(5)21(19)12-20(17)27/h6-12,16H,13-14H2,1-5H3,(H,28,31)/b22-11-. The summed E-state index contributed by atoms with van der Waals surface area (Å²) in [5.41, 5.74) is 4.56. The lowest BCUT2D eigenvalue weighted by atomic mass is 9.80. The summed E-state index contributed by atoms with van der Waals surface area (Å²) in [6.07, 6.45) is 2.64. The SMILES string of the molecule is Cc1cccc(NC(=O)CN2C(=O)S/C(=C\c3cc4c(cc3Cl)N(C)C(C)(C)CC4C)C2=O)c1. The van der Waals surface area contributed by atoms with E-state index in [4.69, 9.17) is 11.6 Å². The lowest BCUT2D eigenvalue weighted by Crippen LogP contribution is -2.45. The number of hydrogen-bond acceptors (Lipinski definition) is 5. The summed E-state index contributed by atoms with van der Waals surface area (Å²) in [5.74, 6) is -0.596. The van der Waals surface area contributed by atoms with E-state index in [1.54, 1.807) is 12.1 Å². The number of amides is 3. The number of rotatable bonds is 4. The van der Waals surface area contributed by atoms with Gasteiger partial charge in [0.2, 0.25) is 5.91 Å². The number of benzene rings is 2. The molecule has 1 saturated heterocycles. The Morgan fingerprint density at radius 1 is 1.26 bits per heavy atom. The number of fused-ring (bicyclic) bond motifs is 1. The Morgan fingerprint density at radius 2 is 2.00 bits per heavy atom. The molecule has 2 aromatic carbocycles. The van der Waals surface area contributed by atoms with E-state index in [0.29, 0.717) is 22.2 Å². The number of anilines is 2. The molecule has 0 aromatic heterocycles.